The van der Waals surface area contributed by atoms with E-state index in [1.807, 2.05) is 0 Å². The molecule has 4 saturated heterocycles. The first kappa shape index (κ1) is 17.0. The van der Waals surface area contributed by atoms with Crippen molar-refractivity contribution in [2.75, 3.05) is 52.5 Å². The fourth-order valence-corrected chi connectivity index (χ4v) is 4.44. The van der Waals surface area contributed by atoms with Gasteiger partial charge in [-0.1, -0.05) is 30.3 Å². The topological polar surface area (TPSA) is 36.0 Å². The molecule has 2 atom stereocenters. The van der Waals surface area contributed by atoms with Crippen LogP contribution < -0.4 is 0 Å². The minimum absolute atomic E-state index is 0.306. The van der Waals surface area contributed by atoms with Crippen molar-refractivity contribution in [3.05, 3.63) is 35.9 Å². The summed E-state index contributed by atoms with van der Waals surface area (Å²) in [6, 6.07) is 11.2. The van der Waals surface area contributed by atoms with Crippen LogP contribution in [0.1, 0.15) is 18.4 Å². The summed E-state index contributed by atoms with van der Waals surface area (Å²) in [6.07, 6.45) is 2.48. The van der Waals surface area contributed by atoms with Crippen molar-refractivity contribution in [1.29, 1.82) is 0 Å². The van der Waals surface area contributed by atoms with Gasteiger partial charge in [0.05, 0.1) is 19.8 Å². The van der Waals surface area contributed by atoms with Gasteiger partial charge in [0.15, 0.2) is 0 Å². The fraction of sp³-hybridized carbons (Fsp3) is 0.650. The molecule has 5 nitrogen and oxygen atoms in total. The SMILES string of the molecule is O=C(CN1CCOCC1)N1C[C@H]2CC[C@@H](C1)N(Cc1ccccc1)C2. The summed E-state index contributed by atoms with van der Waals surface area (Å²) in [5, 5.41) is 0. The van der Waals surface area contributed by atoms with E-state index in [0.29, 0.717) is 24.4 Å². The minimum Gasteiger partial charge on any atom is -0.379 e. The fourth-order valence-electron chi connectivity index (χ4n) is 4.44. The van der Waals surface area contributed by atoms with Gasteiger partial charge in [-0.2, -0.15) is 0 Å². The summed E-state index contributed by atoms with van der Waals surface area (Å²) < 4.78 is 5.39. The molecule has 0 aliphatic carbocycles. The van der Waals surface area contributed by atoms with Crippen LogP contribution in [0, 0.1) is 5.92 Å². The number of benzene rings is 1. The number of amides is 1. The van der Waals surface area contributed by atoms with Gasteiger partial charge in [-0.25, -0.2) is 0 Å². The van der Waals surface area contributed by atoms with Crippen molar-refractivity contribution in [2.24, 2.45) is 5.92 Å². The number of morpholine rings is 1. The molecule has 1 aromatic carbocycles. The lowest BCUT2D eigenvalue weighted by Crippen LogP contribution is -2.47. The van der Waals surface area contributed by atoms with Gasteiger partial charge in [-0.15, -0.1) is 0 Å². The number of hydrogen-bond acceptors (Lipinski definition) is 4. The molecule has 1 aromatic rings. The van der Waals surface area contributed by atoms with Crippen LogP contribution in [0.3, 0.4) is 0 Å². The van der Waals surface area contributed by atoms with E-state index in [4.69, 9.17) is 4.74 Å². The van der Waals surface area contributed by atoms with E-state index in [1.165, 1.54) is 18.4 Å². The van der Waals surface area contributed by atoms with Gasteiger partial charge < -0.3 is 9.64 Å². The number of ether oxygens (including phenoxy) is 1. The molecule has 136 valence electrons. The highest BCUT2D eigenvalue weighted by atomic mass is 16.5. The number of hydrogen-bond donors (Lipinski definition) is 0. The van der Waals surface area contributed by atoms with Crippen molar-refractivity contribution in [3.8, 4) is 0 Å². The minimum atomic E-state index is 0.306. The van der Waals surface area contributed by atoms with E-state index < -0.39 is 0 Å². The van der Waals surface area contributed by atoms with E-state index in [1.54, 1.807) is 0 Å². The van der Waals surface area contributed by atoms with Crippen LogP contribution in [0.25, 0.3) is 0 Å². The Hall–Kier alpha value is -1.43. The summed E-state index contributed by atoms with van der Waals surface area (Å²) in [6.45, 7) is 7.79. The molecule has 1 amide bonds. The maximum Gasteiger partial charge on any atom is 0.236 e. The first-order valence-corrected chi connectivity index (χ1v) is 9.64. The second-order valence-corrected chi connectivity index (χ2v) is 7.70. The number of carbonyl (C=O) groups excluding carboxylic acids is 1. The number of nitrogens with zero attached hydrogens (tertiary/aromatic N) is 3. The predicted octanol–water partition coefficient (Wildman–Crippen LogP) is 1.44. The molecule has 4 heterocycles. The highest BCUT2D eigenvalue weighted by molar-refractivity contribution is 5.78. The van der Waals surface area contributed by atoms with Crippen LogP contribution in [0.4, 0.5) is 0 Å². The van der Waals surface area contributed by atoms with Gasteiger partial charge in [0.1, 0.15) is 0 Å². The highest BCUT2D eigenvalue weighted by Crippen LogP contribution is 2.29. The molecule has 0 saturated carbocycles. The monoisotopic (exact) mass is 343 g/mol. The van der Waals surface area contributed by atoms with Crippen molar-refractivity contribution >= 4 is 5.91 Å². The summed E-state index contributed by atoms with van der Waals surface area (Å²) in [7, 11) is 0. The normalized spacial score (nSPS) is 28.1. The summed E-state index contributed by atoms with van der Waals surface area (Å²) in [4.78, 5) is 19.8. The molecule has 0 aromatic heterocycles. The lowest BCUT2D eigenvalue weighted by molar-refractivity contribution is -0.133. The zero-order chi connectivity index (χ0) is 17.1. The molecule has 0 N–H and O–H groups in total. The Bertz CT molecular complexity index is 574. The van der Waals surface area contributed by atoms with Gasteiger partial charge in [0.25, 0.3) is 0 Å². The molecule has 5 rings (SSSR count). The second kappa shape index (κ2) is 7.85. The van der Waals surface area contributed by atoms with Gasteiger partial charge >= 0.3 is 0 Å². The van der Waals surface area contributed by atoms with Crippen LogP contribution in [0.15, 0.2) is 30.3 Å². The molecule has 0 spiro atoms. The third-order valence-corrected chi connectivity index (χ3v) is 5.87. The van der Waals surface area contributed by atoms with Crippen molar-refractivity contribution < 1.29 is 9.53 Å². The molecule has 4 aliphatic rings. The van der Waals surface area contributed by atoms with Crippen molar-refractivity contribution in [2.45, 2.75) is 25.4 Å². The van der Waals surface area contributed by atoms with E-state index in [-0.39, 0.29) is 0 Å². The summed E-state index contributed by atoms with van der Waals surface area (Å²) in [5.74, 6) is 0.927. The quantitative estimate of drug-likeness (QED) is 0.829. The third-order valence-electron chi connectivity index (χ3n) is 5.87. The number of piperidine rings is 1. The molecule has 0 radical (unpaired) electrons. The Morgan fingerprint density at radius 1 is 1.04 bits per heavy atom. The van der Waals surface area contributed by atoms with Crippen molar-refractivity contribution in [1.82, 2.24) is 14.7 Å². The molecule has 4 aliphatic heterocycles. The van der Waals surface area contributed by atoms with Crippen LogP contribution in [0.5, 0.6) is 0 Å². The first-order chi connectivity index (χ1) is 12.3. The largest absolute Gasteiger partial charge is 0.379 e. The lowest BCUT2D eigenvalue weighted by atomic mass is 9.94. The van der Waals surface area contributed by atoms with Gasteiger partial charge in [-0.3, -0.25) is 14.6 Å². The Kier molecular flexibility index (Phi) is 5.34. The van der Waals surface area contributed by atoms with E-state index in [2.05, 4.69) is 45.0 Å². The predicted molar refractivity (Wildman–Crippen MR) is 97.2 cm³/mol. The van der Waals surface area contributed by atoms with Gasteiger partial charge in [0.2, 0.25) is 5.91 Å². The standard InChI is InChI=1S/C20H29N3O2/c24-20(16-21-8-10-25-11-9-21)23-14-18-6-7-19(15-23)22(13-18)12-17-4-2-1-3-5-17/h1-5,18-19H,6-16H2/t18-,19-/m0/s1. The Balaban J connectivity index is 1.37. The third kappa shape index (κ3) is 4.22. The summed E-state index contributed by atoms with van der Waals surface area (Å²) >= 11 is 0. The number of fused-ring (bicyclic) bond motifs is 4. The molecule has 2 bridgehead atoms. The maximum atomic E-state index is 12.8. The van der Waals surface area contributed by atoms with E-state index in [9.17, 15) is 4.79 Å². The van der Waals surface area contributed by atoms with Crippen LogP contribution in [0.2, 0.25) is 0 Å². The molecular weight excluding hydrogens is 314 g/mol. The molecule has 5 heteroatoms. The number of carbonyl (C=O) groups is 1. The van der Waals surface area contributed by atoms with Crippen molar-refractivity contribution in [3.63, 3.8) is 0 Å². The molecule has 25 heavy (non-hydrogen) atoms. The van der Waals surface area contributed by atoms with Crippen LogP contribution in [-0.2, 0) is 16.1 Å². The zero-order valence-corrected chi connectivity index (χ0v) is 15.0. The van der Waals surface area contributed by atoms with Gasteiger partial charge in [0, 0.05) is 45.3 Å². The molecule has 4 fully saturated rings. The second-order valence-electron chi connectivity index (χ2n) is 7.70. The maximum absolute atomic E-state index is 12.8. The Labute approximate surface area is 150 Å². The van der Waals surface area contributed by atoms with Gasteiger partial charge in [-0.05, 0) is 24.3 Å². The van der Waals surface area contributed by atoms with Crippen LogP contribution >= 0.6 is 0 Å². The smallest absolute Gasteiger partial charge is 0.236 e. The van der Waals surface area contributed by atoms with Crippen LogP contribution in [-0.4, -0.2) is 79.1 Å². The Morgan fingerprint density at radius 3 is 2.64 bits per heavy atom. The van der Waals surface area contributed by atoms with E-state index in [0.717, 1.165) is 52.5 Å². The lowest BCUT2D eigenvalue weighted by Gasteiger charge is -2.36. The average Bonchev–Trinajstić information content (AvgIpc) is 2.95. The highest BCUT2D eigenvalue weighted by Gasteiger charge is 2.36. The average molecular weight is 343 g/mol. The molecular formula is C20H29N3O2. The Morgan fingerprint density at radius 2 is 1.84 bits per heavy atom. The summed E-state index contributed by atoms with van der Waals surface area (Å²) in [5.41, 5.74) is 1.38. The zero-order valence-electron chi connectivity index (χ0n) is 15.0. The number of rotatable bonds is 4. The first-order valence-electron chi connectivity index (χ1n) is 9.64. The van der Waals surface area contributed by atoms with E-state index >= 15 is 0 Å². The molecule has 0 unspecified atom stereocenters.